The largest absolute Gasteiger partial charge is 0.338 e. The Kier molecular flexibility index (Phi) is 4.42. The number of likely N-dealkylation sites (tertiary alicyclic amines) is 1. The molecule has 1 saturated heterocycles. The summed E-state index contributed by atoms with van der Waals surface area (Å²) in [4.78, 5) is 27.4. The zero-order valence-corrected chi connectivity index (χ0v) is 14.8. The number of amides is 2. The molecule has 132 valence electrons. The molecule has 0 aliphatic carbocycles. The Morgan fingerprint density at radius 1 is 1.04 bits per heavy atom. The normalized spacial score (nSPS) is 14.0. The molecular weight excluding hydrogens is 351 g/mol. The minimum absolute atomic E-state index is 0.0778. The van der Waals surface area contributed by atoms with Gasteiger partial charge in [-0.2, -0.15) is 0 Å². The Balaban J connectivity index is 1.55. The molecule has 1 aromatic heterocycles. The van der Waals surface area contributed by atoms with Crippen LogP contribution in [0.25, 0.3) is 10.1 Å². The summed E-state index contributed by atoms with van der Waals surface area (Å²) in [5, 5.41) is 3.69. The van der Waals surface area contributed by atoms with Gasteiger partial charge in [0.15, 0.2) is 0 Å². The van der Waals surface area contributed by atoms with Crippen LogP contribution in [-0.4, -0.2) is 29.8 Å². The molecule has 2 amide bonds. The van der Waals surface area contributed by atoms with Crippen LogP contribution in [0.3, 0.4) is 0 Å². The summed E-state index contributed by atoms with van der Waals surface area (Å²) in [6, 6.07) is 13.0. The Morgan fingerprint density at radius 2 is 1.85 bits per heavy atom. The molecule has 0 saturated carbocycles. The van der Waals surface area contributed by atoms with Crippen LogP contribution in [0.4, 0.5) is 10.1 Å². The first-order valence-corrected chi connectivity index (χ1v) is 9.31. The van der Waals surface area contributed by atoms with Gasteiger partial charge in [-0.05, 0) is 60.7 Å². The third-order valence-corrected chi connectivity index (χ3v) is 5.57. The topological polar surface area (TPSA) is 49.4 Å². The molecule has 0 atom stereocenters. The van der Waals surface area contributed by atoms with Crippen LogP contribution in [0.2, 0.25) is 0 Å². The van der Waals surface area contributed by atoms with Crippen LogP contribution in [-0.2, 0) is 0 Å². The second-order valence-electron chi connectivity index (χ2n) is 6.33. The van der Waals surface area contributed by atoms with Gasteiger partial charge in [0, 0.05) is 29.0 Å². The van der Waals surface area contributed by atoms with Crippen molar-refractivity contribution < 1.29 is 14.0 Å². The highest BCUT2D eigenvalue weighted by atomic mass is 32.1. The summed E-state index contributed by atoms with van der Waals surface area (Å²) in [6.45, 7) is 1.64. The zero-order chi connectivity index (χ0) is 18.1. The molecule has 4 rings (SSSR count). The van der Waals surface area contributed by atoms with Crippen molar-refractivity contribution in [3.8, 4) is 0 Å². The smallest absolute Gasteiger partial charge is 0.263 e. The number of nitrogens with zero attached hydrogens (tertiary/aromatic N) is 1. The van der Waals surface area contributed by atoms with Crippen molar-refractivity contribution in [3.63, 3.8) is 0 Å². The van der Waals surface area contributed by atoms with Crippen molar-refractivity contribution in [2.45, 2.75) is 12.8 Å². The number of halogens is 1. The first kappa shape index (κ1) is 16.7. The first-order chi connectivity index (χ1) is 12.6. The van der Waals surface area contributed by atoms with Crippen molar-refractivity contribution in [3.05, 3.63) is 64.8 Å². The maximum absolute atomic E-state index is 13.3. The van der Waals surface area contributed by atoms with E-state index in [2.05, 4.69) is 5.32 Å². The average molecular weight is 368 g/mol. The highest BCUT2D eigenvalue weighted by Crippen LogP contribution is 2.30. The second-order valence-corrected chi connectivity index (χ2v) is 7.41. The van der Waals surface area contributed by atoms with Crippen LogP contribution < -0.4 is 5.32 Å². The molecule has 2 aromatic carbocycles. The summed E-state index contributed by atoms with van der Waals surface area (Å²) >= 11 is 1.46. The molecule has 2 heterocycles. The van der Waals surface area contributed by atoms with Crippen molar-refractivity contribution in [1.29, 1.82) is 0 Å². The Bertz CT molecular complexity index is 992. The fourth-order valence-electron chi connectivity index (χ4n) is 3.14. The number of carbonyl (C=O) groups excluding carboxylic acids is 2. The molecule has 0 bridgehead atoms. The predicted octanol–water partition coefficient (Wildman–Crippen LogP) is 4.53. The van der Waals surface area contributed by atoms with Crippen LogP contribution in [0.5, 0.6) is 0 Å². The molecule has 1 aliphatic heterocycles. The minimum Gasteiger partial charge on any atom is -0.338 e. The molecule has 1 aliphatic rings. The van der Waals surface area contributed by atoms with Gasteiger partial charge in [0.1, 0.15) is 5.82 Å². The SMILES string of the molecule is O=C(Nc1ccc2sc(C(=O)N3CCCC3)cc2c1)c1cccc(F)c1. The van der Waals surface area contributed by atoms with Gasteiger partial charge in [-0.1, -0.05) is 6.07 Å². The summed E-state index contributed by atoms with van der Waals surface area (Å²) in [5.41, 5.74) is 0.880. The lowest BCUT2D eigenvalue weighted by Crippen LogP contribution is -2.26. The quantitative estimate of drug-likeness (QED) is 0.738. The number of nitrogens with one attached hydrogen (secondary N) is 1. The molecule has 1 N–H and O–H groups in total. The van der Waals surface area contributed by atoms with Gasteiger partial charge in [0.05, 0.1) is 4.88 Å². The molecule has 6 heteroatoms. The fraction of sp³-hybridized carbons (Fsp3) is 0.200. The second kappa shape index (κ2) is 6.88. The lowest BCUT2D eigenvalue weighted by atomic mass is 10.2. The number of hydrogen-bond acceptors (Lipinski definition) is 3. The number of hydrogen-bond donors (Lipinski definition) is 1. The van der Waals surface area contributed by atoms with Crippen molar-refractivity contribution in [2.75, 3.05) is 18.4 Å². The zero-order valence-electron chi connectivity index (χ0n) is 14.0. The van der Waals surface area contributed by atoms with Gasteiger partial charge in [-0.3, -0.25) is 9.59 Å². The van der Waals surface area contributed by atoms with E-state index < -0.39 is 5.82 Å². The summed E-state index contributed by atoms with van der Waals surface area (Å²) in [5.74, 6) is -0.738. The minimum atomic E-state index is -0.448. The van der Waals surface area contributed by atoms with Crippen molar-refractivity contribution in [1.82, 2.24) is 4.90 Å². The Labute approximate surface area is 154 Å². The lowest BCUT2D eigenvalue weighted by Gasteiger charge is -2.13. The van der Waals surface area contributed by atoms with E-state index >= 15 is 0 Å². The predicted molar refractivity (Wildman–Crippen MR) is 101 cm³/mol. The molecule has 4 nitrogen and oxygen atoms in total. The maximum Gasteiger partial charge on any atom is 0.263 e. The lowest BCUT2D eigenvalue weighted by molar-refractivity contribution is 0.0797. The summed E-state index contributed by atoms with van der Waals surface area (Å²) in [6.07, 6.45) is 2.12. The van der Waals surface area contributed by atoms with E-state index in [1.165, 1.54) is 29.5 Å². The molecule has 0 unspecified atom stereocenters. The standard InChI is InChI=1S/C20H17FN2O2S/c21-15-5-3-4-13(10-15)19(24)22-16-6-7-17-14(11-16)12-18(26-17)20(25)23-8-1-2-9-23/h3-7,10-12H,1-2,8-9H2,(H,22,24). The molecule has 0 radical (unpaired) electrons. The van der Waals surface area contributed by atoms with Gasteiger partial charge < -0.3 is 10.2 Å². The third kappa shape index (κ3) is 3.32. The molecule has 3 aromatic rings. The number of rotatable bonds is 3. The highest BCUT2D eigenvalue weighted by Gasteiger charge is 2.21. The molecular formula is C20H17FN2O2S. The number of anilines is 1. The van der Waals surface area contributed by atoms with Gasteiger partial charge in [0.25, 0.3) is 11.8 Å². The Morgan fingerprint density at radius 3 is 2.62 bits per heavy atom. The van der Waals surface area contributed by atoms with Crippen LogP contribution >= 0.6 is 11.3 Å². The van der Waals surface area contributed by atoms with E-state index in [-0.39, 0.29) is 17.4 Å². The fourth-order valence-corrected chi connectivity index (χ4v) is 4.15. The molecule has 1 fully saturated rings. The summed E-state index contributed by atoms with van der Waals surface area (Å²) < 4.78 is 14.3. The van der Waals surface area contributed by atoms with Gasteiger partial charge in [0.2, 0.25) is 0 Å². The monoisotopic (exact) mass is 368 g/mol. The van der Waals surface area contributed by atoms with E-state index in [1.807, 2.05) is 23.1 Å². The molecule has 0 spiro atoms. The van der Waals surface area contributed by atoms with E-state index in [0.717, 1.165) is 40.9 Å². The van der Waals surface area contributed by atoms with Crippen LogP contribution in [0.15, 0.2) is 48.5 Å². The van der Waals surface area contributed by atoms with E-state index in [0.29, 0.717) is 5.69 Å². The van der Waals surface area contributed by atoms with E-state index in [1.54, 1.807) is 12.1 Å². The van der Waals surface area contributed by atoms with Gasteiger partial charge in [-0.25, -0.2) is 4.39 Å². The number of thiophene rings is 1. The summed E-state index contributed by atoms with van der Waals surface area (Å²) in [7, 11) is 0. The van der Waals surface area contributed by atoms with E-state index in [4.69, 9.17) is 0 Å². The van der Waals surface area contributed by atoms with Gasteiger partial charge >= 0.3 is 0 Å². The van der Waals surface area contributed by atoms with Crippen LogP contribution in [0.1, 0.15) is 32.9 Å². The van der Waals surface area contributed by atoms with E-state index in [9.17, 15) is 14.0 Å². The average Bonchev–Trinajstić information content (AvgIpc) is 3.30. The number of fused-ring (bicyclic) bond motifs is 1. The first-order valence-electron chi connectivity index (χ1n) is 8.50. The Hall–Kier alpha value is -2.73. The van der Waals surface area contributed by atoms with Crippen molar-refractivity contribution >= 4 is 38.9 Å². The maximum atomic E-state index is 13.3. The van der Waals surface area contributed by atoms with Crippen LogP contribution in [0, 0.1) is 5.82 Å². The number of benzene rings is 2. The van der Waals surface area contributed by atoms with Crippen molar-refractivity contribution in [2.24, 2.45) is 0 Å². The third-order valence-electron chi connectivity index (χ3n) is 4.47. The number of carbonyl (C=O) groups is 2. The van der Waals surface area contributed by atoms with Gasteiger partial charge in [-0.15, -0.1) is 11.3 Å². The molecule has 26 heavy (non-hydrogen) atoms. The highest BCUT2D eigenvalue weighted by molar-refractivity contribution is 7.20.